The van der Waals surface area contributed by atoms with Crippen LogP contribution >= 0.6 is 11.3 Å². The number of nitrogens with zero attached hydrogens (tertiary/aromatic N) is 1. The van der Waals surface area contributed by atoms with Gasteiger partial charge in [0.15, 0.2) is 0 Å². The fraction of sp³-hybridized carbons (Fsp3) is 0.188. The lowest BCUT2D eigenvalue weighted by Gasteiger charge is -2.07. The normalized spacial score (nSPS) is 10.7. The van der Waals surface area contributed by atoms with E-state index in [0.717, 1.165) is 10.7 Å². The van der Waals surface area contributed by atoms with Crippen molar-refractivity contribution >= 4 is 28.2 Å². The van der Waals surface area contributed by atoms with Crippen LogP contribution in [0.2, 0.25) is 0 Å². The molecule has 0 spiro atoms. The first-order valence-corrected chi connectivity index (χ1v) is 7.76. The molecule has 6 nitrogen and oxygen atoms in total. The number of methoxy groups -OCH3 is 1. The van der Waals surface area contributed by atoms with Crippen LogP contribution in [-0.4, -0.2) is 18.0 Å². The minimum atomic E-state index is -0.583. The summed E-state index contributed by atoms with van der Waals surface area (Å²) in [6, 6.07) is 6.18. The number of fused-ring (bicyclic) bond motifs is 1. The van der Waals surface area contributed by atoms with Gasteiger partial charge in [-0.15, -0.1) is 11.3 Å². The van der Waals surface area contributed by atoms with Gasteiger partial charge in [0.2, 0.25) is 0 Å². The minimum absolute atomic E-state index is 0.269. The molecule has 0 unspecified atom stereocenters. The predicted octanol–water partition coefficient (Wildman–Crippen LogP) is 2.50. The van der Waals surface area contributed by atoms with Gasteiger partial charge in [0, 0.05) is 22.9 Å². The van der Waals surface area contributed by atoms with Gasteiger partial charge in [-0.25, -0.2) is 9.78 Å². The van der Waals surface area contributed by atoms with Crippen molar-refractivity contribution in [1.29, 1.82) is 0 Å². The molecule has 0 fully saturated rings. The van der Waals surface area contributed by atoms with Gasteiger partial charge in [-0.3, -0.25) is 4.79 Å². The number of aromatic nitrogens is 1. The molecule has 1 amide bonds. The second-order valence-electron chi connectivity index (χ2n) is 4.88. The third kappa shape index (κ3) is 3.24. The Morgan fingerprint density at radius 2 is 2.22 bits per heavy atom. The molecule has 0 aliphatic carbocycles. The van der Waals surface area contributed by atoms with Gasteiger partial charge >= 0.3 is 5.63 Å². The topological polar surface area (TPSA) is 81.4 Å². The Hall–Kier alpha value is -2.67. The summed E-state index contributed by atoms with van der Waals surface area (Å²) >= 11 is 1.52. The van der Waals surface area contributed by atoms with Gasteiger partial charge in [-0.1, -0.05) is 0 Å². The maximum absolute atomic E-state index is 12.4. The van der Waals surface area contributed by atoms with Gasteiger partial charge < -0.3 is 14.5 Å². The second-order valence-corrected chi connectivity index (χ2v) is 5.94. The first-order valence-electron chi connectivity index (χ1n) is 6.88. The zero-order valence-electron chi connectivity index (χ0n) is 12.6. The highest BCUT2D eigenvalue weighted by Crippen LogP contribution is 2.22. The standard InChI is InChI=1S/C16H14N2O4S/c1-9-18-10(8-23-9)7-17-16(20)13-6-15(19)22-14-5-11(21-2)3-4-12(13)14/h3-6,8H,7H2,1-2H3,(H,17,20). The highest BCUT2D eigenvalue weighted by Gasteiger charge is 2.14. The van der Waals surface area contributed by atoms with Crippen molar-refractivity contribution in [3.05, 3.63) is 56.3 Å². The Morgan fingerprint density at radius 3 is 2.91 bits per heavy atom. The Labute approximate surface area is 135 Å². The Kier molecular flexibility index (Phi) is 4.12. The molecule has 3 rings (SSSR count). The Morgan fingerprint density at radius 1 is 1.39 bits per heavy atom. The molecule has 1 N–H and O–H groups in total. The summed E-state index contributed by atoms with van der Waals surface area (Å²) in [6.07, 6.45) is 0. The van der Waals surface area contributed by atoms with Gasteiger partial charge in [-0.05, 0) is 19.1 Å². The fourth-order valence-corrected chi connectivity index (χ4v) is 2.83. The van der Waals surface area contributed by atoms with E-state index in [1.807, 2.05) is 12.3 Å². The molecule has 0 bridgehead atoms. The van der Waals surface area contributed by atoms with Gasteiger partial charge in [0.25, 0.3) is 5.91 Å². The lowest BCUT2D eigenvalue weighted by molar-refractivity contribution is 0.0951. The van der Waals surface area contributed by atoms with Crippen LogP contribution in [0.3, 0.4) is 0 Å². The molecular formula is C16H14N2O4S. The predicted molar refractivity (Wildman–Crippen MR) is 87.1 cm³/mol. The minimum Gasteiger partial charge on any atom is -0.497 e. The zero-order valence-corrected chi connectivity index (χ0v) is 13.4. The third-order valence-electron chi connectivity index (χ3n) is 3.29. The van der Waals surface area contributed by atoms with Crippen LogP contribution in [0.1, 0.15) is 21.1 Å². The maximum atomic E-state index is 12.4. The van der Waals surface area contributed by atoms with E-state index in [9.17, 15) is 9.59 Å². The fourth-order valence-electron chi connectivity index (χ4n) is 2.21. The summed E-state index contributed by atoms with van der Waals surface area (Å²) in [4.78, 5) is 28.4. The summed E-state index contributed by atoms with van der Waals surface area (Å²) in [5.41, 5.74) is 0.785. The molecule has 0 saturated carbocycles. The van der Waals surface area contributed by atoms with Crippen molar-refractivity contribution in [2.75, 3.05) is 7.11 Å². The largest absolute Gasteiger partial charge is 0.497 e. The maximum Gasteiger partial charge on any atom is 0.337 e. The molecule has 23 heavy (non-hydrogen) atoms. The van der Waals surface area contributed by atoms with Gasteiger partial charge in [0.05, 0.1) is 29.9 Å². The van der Waals surface area contributed by atoms with Crippen molar-refractivity contribution in [2.24, 2.45) is 0 Å². The summed E-state index contributed by atoms with van der Waals surface area (Å²) in [6.45, 7) is 2.21. The summed E-state index contributed by atoms with van der Waals surface area (Å²) in [5, 5.41) is 6.15. The number of thiazole rings is 1. The zero-order chi connectivity index (χ0) is 16.4. The lowest BCUT2D eigenvalue weighted by atomic mass is 10.1. The SMILES string of the molecule is COc1ccc2c(C(=O)NCc3csc(C)n3)cc(=O)oc2c1. The van der Waals surface area contributed by atoms with E-state index in [-0.39, 0.29) is 11.5 Å². The average molecular weight is 330 g/mol. The first-order chi connectivity index (χ1) is 11.1. The molecule has 0 aliphatic heterocycles. The van der Waals surface area contributed by atoms with E-state index >= 15 is 0 Å². The summed E-state index contributed by atoms with van der Waals surface area (Å²) in [7, 11) is 1.52. The number of hydrogen-bond donors (Lipinski definition) is 1. The van der Waals surface area contributed by atoms with Crippen LogP contribution in [0.25, 0.3) is 11.0 Å². The Balaban J connectivity index is 1.91. The van der Waals surface area contributed by atoms with Crippen LogP contribution in [0.15, 0.2) is 38.9 Å². The van der Waals surface area contributed by atoms with Gasteiger partial charge in [0.1, 0.15) is 11.3 Å². The first kappa shape index (κ1) is 15.2. The number of ether oxygens (including phenoxy) is 1. The Bertz CT molecular complexity index is 929. The number of hydrogen-bond acceptors (Lipinski definition) is 6. The molecule has 0 aliphatic rings. The van der Waals surface area contributed by atoms with E-state index in [0.29, 0.717) is 23.3 Å². The van der Waals surface area contributed by atoms with E-state index < -0.39 is 5.63 Å². The number of aryl methyl sites for hydroxylation is 1. The molecule has 3 aromatic rings. The lowest BCUT2D eigenvalue weighted by Crippen LogP contribution is -2.24. The number of carbonyl (C=O) groups excluding carboxylic acids is 1. The molecule has 0 saturated heterocycles. The molecule has 2 heterocycles. The molecular weight excluding hydrogens is 316 g/mol. The molecule has 118 valence electrons. The van der Waals surface area contributed by atoms with E-state index in [1.165, 1.54) is 24.5 Å². The monoisotopic (exact) mass is 330 g/mol. The average Bonchev–Trinajstić information content (AvgIpc) is 2.96. The molecule has 1 aromatic carbocycles. The van der Waals surface area contributed by atoms with Crippen LogP contribution in [-0.2, 0) is 6.54 Å². The molecule has 0 atom stereocenters. The number of nitrogens with one attached hydrogen (secondary N) is 1. The van der Waals surface area contributed by atoms with Crippen LogP contribution < -0.4 is 15.7 Å². The smallest absolute Gasteiger partial charge is 0.337 e. The van der Waals surface area contributed by atoms with E-state index in [4.69, 9.17) is 9.15 Å². The van der Waals surface area contributed by atoms with E-state index in [1.54, 1.807) is 18.2 Å². The van der Waals surface area contributed by atoms with Crippen molar-refractivity contribution in [3.8, 4) is 5.75 Å². The molecule has 0 radical (unpaired) electrons. The van der Waals surface area contributed by atoms with Crippen molar-refractivity contribution in [2.45, 2.75) is 13.5 Å². The van der Waals surface area contributed by atoms with Crippen molar-refractivity contribution < 1.29 is 13.9 Å². The number of amides is 1. The van der Waals surface area contributed by atoms with Crippen molar-refractivity contribution in [1.82, 2.24) is 10.3 Å². The van der Waals surface area contributed by atoms with Crippen LogP contribution in [0.4, 0.5) is 0 Å². The van der Waals surface area contributed by atoms with Crippen LogP contribution in [0.5, 0.6) is 5.75 Å². The van der Waals surface area contributed by atoms with Crippen molar-refractivity contribution in [3.63, 3.8) is 0 Å². The third-order valence-corrected chi connectivity index (χ3v) is 4.12. The van der Waals surface area contributed by atoms with Crippen LogP contribution in [0, 0.1) is 6.92 Å². The summed E-state index contributed by atoms with van der Waals surface area (Å²) in [5.74, 6) is 0.204. The number of rotatable bonds is 4. The quantitative estimate of drug-likeness (QED) is 0.743. The number of benzene rings is 1. The highest BCUT2D eigenvalue weighted by molar-refractivity contribution is 7.09. The number of carbonyl (C=O) groups is 1. The molecule has 7 heteroatoms. The second kappa shape index (κ2) is 6.21. The highest BCUT2D eigenvalue weighted by atomic mass is 32.1. The molecule has 2 aromatic heterocycles. The van der Waals surface area contributed by atoms with E-state index in [2.05, 4.69) is 10.3 Å². The van der Waals surface area contributed by atoms with Gasteiger partial charge in [-0.2, -0.15) is 0 Å². The summed E-state index contributed by atoms with van der Waals surface area (Å²) < 4.78 is 10.2.